The molecular weight excluding hydrogens is 280 g/mol. The van der Waals surface area contributed by atoms with Crippen molar-refractivity contribution < 1.29 is 17.9 Å². The summed E-state index contributed by atoms with van der Waals surface area (Å²) in [5, 5.41) is 3.07. The number of rotatable bonds is 4. The summed E-state index contributed by atoms with van der Waals surface area (Å²) in [6.45, 7) is 1.18. The van der Waals surface area contributed by atoms with Crippen LogP contribution in [0.15, 0.2) is 17.2 Å². The Kier molecular flexibility index (Phi) is 3.94. The monoisotopic (exact) mass is 292 g/mol. The number of nitrogens with one attached hydrogen (secondary N) is 1. The van der Waals surface area contributed by atoms with Crippen molar-refractivity contribution in [3.05, 3.63) is 12.3 Å². The first-order valence-electron chi connectivity index (χ1n) is 5.35. The summed E-state index contributed by atoms with van der Waals surface area (Å²) in [6, 6.07) is 1.37. The highest BCUT2D eigenvalue weighted by atomic mass is 35.7. The number of fused-ring (bicyclic) bond motifs is 1. The van der Waals surface area contributed by atoms with E-state index in [4.69, 9.17) is 20.2 Å². The molecule has 1 aromatic rings. The molecule has 6 nitrogen and oxygen atoms in total. The van der Waals surface area contributed by atoms with Crippen LogP contribution in [-0.2, 0) is 13.8 Å². The number of methoxy groups -OCH3 is 1. The zero-order valence-electron chi connectivity index (χ0n) is 9.72. The van der Waals surface area contributed by atoms with Gasteiger partial charge in [-0.25, -0.2) is 13.4 Å². The molecule has 100 valence electrons. The molecule has 1 unspecified atom stereocenters. The van der Waals surface area contributed by atoms with Crippen LogP contribution in [0.1, 0.15) is 6.42 Å². The molecule has 1 aliphatic rings. The van der Waals surface area contributed by atoms with Crippen molar-refractivity contribution in [3.8, 4) is 5.75 Å². The number of halogens is 1. The molecule has 0 aliphatic carbocycles. The summed E-state index contributed by atoms with van der Waals surface area (Å²) in [4.78, 5) is 3.90. The molecule has 0 fully saturated rings. The molecule has 1 aromatic heterocycles. The summed E-state index contributed by atoms with van der Waals surface area (Å²) < 4.78 is 33.0. The van der Waals surface area contributed by atoms with Gasteiger partial charge in [-0.1, -0.05) is 0 Å². The molecule has 8 heteroatoms. The first-order valence-corrected chi connectivity index (χ1v) is 7.66. The van der Waals surface area contributed by atoms with E-state index in [1.807, 2.05) is 0 Å². The van der Waals surface area contributed by atoms with Gasteiger partial charge in [-0.2, -0.15) is 0 Å². The second-order valence-corrected chi connectivity index (χ2v) is 6.42. The van der Waals surface area contributed by atoms with Gasteiger partial charge in [0.1, 0.15) is 11.0 Å². The van der Waals surface area contributed by atoms with Crippen molar-refractivity contribution in [2.75, 3.05) is 25.6 Å². The van der Waals surface area contributed by atoms with Crippen LogP contribution < -0.4 is 10.1 Å². The number of nitrogens with zero attached hydrogens (tertiary/aromatic N) is 1. The van der Waals surface area contributed by atoms with Crippen molar-refractivity contribution >= 4 is 25.6 Å². The summed E-state index contributed by atoms with van der Waals surface area (Å²) >= 11 is 0. The normalized spacial score (nSPS) is 18.7. The van der Waals surface area contributed by atoms with Gasteiger partial charge in [-0.05, 0) is 0 Å². The number of pyridine rings is 1. The zero-order chi connectivity index (χ0) is 13.2. The fraction of sp³-hybridized carbons (Fsp3) is 0.500. The second kappa shape index (κ2) is 5.29. The molecule has 18 heavy (non-hydrogen) atoms. The van der Waals surface area contributed by atoms with Gasteiger partial charge in [0.15, 0.2) is 11.6 Å². The maximum absolute atomic E-state index is 11.2. The largest absolute Gasteiger partial charge is 0.485 e. The highest BCUT2D eigenvalue weighted by molar-refractivity contribution is 8.13. The van der Waals surface area contributed by atoms with Gasteiger partial charge in [0.05, 0.1) is 6.54 Å². The van der Waals surface area contributed by atoms with Gasteiger partial charge in [0, 0.05) is 43.1 Å². The van der Waals surface area contributed by atoms with E-state index < -0.39 is 9.05 Å². The third-order valence-corrected chi connectivity index (χ3v) is 3.86. The fourth-order valence-corrected chi connectivity index (χ4v) is 2.30. The number of anilines is 1. The Morgan fingerprint density at radius 1 is 1.67 bits per heavy atom. The SMILES string of the molecule is COCCC1CNc2ncc(S(=O)(=O)Cl)cc2O1. The third-order valence-electron chi connectivity index (χ3n) is 2.54. The molecule has 1 aliphatic heterocycles. The van der Waals surface area contributed by atoms with Crippen LogP contribution in [0.4, 0.5) is 5.82 Å². The lowest BCUT2D eigenvalue weighted by Gasteiger charge is -2.26. The summed E-state index contributed by atoms with van der Waals surface area (Å²) in [7, 11) is 3.08. The predicted octanol–water partition coefficient (Wildman–Crippen LogP) is 1.22. The van der Waals surface area contributed by atoms with Crippen LogP contribution in [0.2, 0.25) is 0 Å². The molecule has 1 N–H and O–H groups in total. The maximum atomic E-state index is 11.2. The van der Waals surface area contributed by atoms with Crippen molar-refractivity contribution in [3.63, 3.8) is 0 Å². The molecule has 0 aromatic carbocycles. The van der Waals surface area contributed by atoms with Crippen LogP contribution in [0.3, 0.4) is 0 Å². The third kappa shape index (κ3) is 3.04. The van der Waals surface area contributed by atoms with Crippen LogP contribution in [0.25, 0.3) is 0 Å². The van der Waals surface area contributed by atoms with E-state index in [-0.39, 0.29) is 11.0 Å². The molecule has 0 saturated heterocycles. The van der Waals surface area contributed by atoms with Gasteiger partial charge in [0.2, 0.25) is 0 Å². The predicted molar refractivity (Wildman–Crippen MR) is 66.7 cm³/mol. The van der Waals surface area contributed by atoms with E-state index >= 15 is 0 Å². The molecule has 0 radical (unpaired) electrons. The lowest BCUT2D eigenvalue weighted by atomic mass is 10.2. The first kappa shape index (κ1) is 13.4. The molecule has 0 saturated carbocycles. The lowest BCUT2D eigenvalue weighted by molar-refractivity contribution is 0.127. The van der Waals surface area contributed by atoms with Gasteiger partial charge in [-0.3, -0.25) is 0 Å². The Bertz CT molecular complexity index is 535. The molecule has 2 rings (SSSR count). The Morgan fingerprint density at radius 3 is 3.11 bits per heavy atom. The zero-order valence-corrected chi connectivity index (χ0v) is 11.3. The average Bonchev–Trinajstić information content (AvgIpc) is 2.34. The minimum Gasteiger partial charge on any atom is -0.485 e. The summed E-state index contributed by atoms with van der Waals surface area (Å²) in [5.74, 6) is 0.914. The first-order chi connectivity index (χ1) is 8.50. The Hall–Kier alpha value is -1.05. The quantitative estimate of drug-likeness (QED) is 0.841. The topological polar surface area (TPSA) is 77.5 Å². The van der Waals surface area contributed by atoms with E-state index in [1.165, 1.54) is 12.3 Å². The smallest absolute Gasteiger partial charge is 0.262 e. The van der Waals surface area contributed by atoms with Crippen LogP contribution in [0.5, 0.6) is 5.75 Å². The molecule has 1 atom stereocenters. The highest BCUT2D eigenvalue weighted by Crippen LogP contribution is 2.30. The molecule has 0 amide bonds. The number of aromatic nitrogens is 1. The van der Waals surface area contributed by atoms with Gasteiger partial charge >= 0.3 is 0 Å². The lowest BCUT2D eigenvalue weighted by Crippen LogP contribution is -2.32. The highest BCUT2D eigenvalue weighted by Gasteiger charge is 2.22. The standard InChI is InChI=1S/C10H13ClN2O4S/c1-16-3-2-7-5-12-10-9(17-7)4-8(6-13-10)18(11,14)15/h4,6-7H,2-3,5H2,1H3,(H,12,13). The van der Waals surface area contributed by atoms with E-state index in [2.05, 4.69) is 10.3 Å². The van der Waals surface area contributed by atoms with Gasteiger partial charge in [0.25, 0.3) is 9.05 Å². The maximum Gasteiger partial charge on any atom is 0.262 e. The van der Waals surface area contributed by atoms with Crippen molar-refractivity contribution in [2.24, 2.45) is 0 Å². The van der Waals surface area contributed by atoms with Crippen LogP contribution in [-0.4, -0.2) is 39.8 Å². The van der Waals surface area contributed by atoms with E-state index in [0.717, 1.165) is 0 Å². The minimum atomic E-state index is -3.79. The Morgan fingerprint density at radius 2 is 2.44 bits per heavy atom. The van der Waals surface area contributed by atoms with Crippen LogP contribution >= 0.6 is 10.7 Å². The molecular formula is C10H13ClN2O4S. The summed E-state index contributed by atoms with van der Waals surface area (Å²) in [6.07, 6.45) is 1.83. The number of hydrogen-bond donors (Lipinski definition) is 1. The number of ether oxygens (including phenoxy) is 2. The Labute approximate surface area is 110 Å². The van der Waals surface area contributed by atoms with Crippen molar-refractivity contribution in [1.29, 1.82) is 0 Å². The second-order valence-electron chi connectivity index (χ2n) is 3.86. The van der Waals surface area contributed by atoms with Crippen molar-refractivity contribution in [2.45, 2.75) is 17.4 Å². The minimum absolute atomic E-state index is 0.0721. The Balaban J connectivity index is 2.19. The van der Waals surface area contributed by atoms with Crippen LogP contribution in [0, 0.1) is 0 Å². The molecule has 0 bridgehead atoms. The van der Waals surface area contributed by atoms with E-state index in [9.17, 15) is 8.42 Å². The average molecular weight is 293 g/mol. The fourth-order valence-electron chi connectivity index (χ4n) is 1.62. The summed E-state index contributed by atoms with van der Waals surface area (Å²) in [5.41, 5.74) is 0. The van der Waals surface area contributed by atoms with Gasteiger partial charge in [-0.15, -0.1) is 0 Å². The van der Waals surface area contributed by atoms with E-state index in [0.29, 0.717) is 31.1 Å². The number of hydrogen-bond acceptors (Lipinski definition) is 6. The van der Waals surface area contributed by atoms with E-state index in [1.54, 1.807) is 7.11 Å². The van der Waals surface area contributed by atoms with Gasteiger partial charge < -0.3 is 14.8 Å². The molecule has 0 spiro atoms. The molecule has 2 heterocycles. The van der Waals surface area contributed by atoms with Crippen molar-refractivity contribution in [1.82, 2.24) is 4.98 Å².